The zero-order chi connectivity index (χ0) is 11.4. The molecule has 0 radical (unpaired) electrons. The van der Waals surface area contributed by atoms with E-state index in [4.69, 9.17) is 9.84 Å². The Morgan fingerprint density at radius 1 is 1.47 bits per heavy atom. The van der Waals surface area contributed by atoms with Crippen LogP contribution in [-0.2, 0) is 4.79 Å². The third-order valence-corrected chi connectivity index (χ3v) is 2.13. The Morgan fingerprint density at radius 2 is 2.13 bits per heavy atom. The maximum atomic E-state index is 10.5. The highest BCUT2D eigenvalue weighted by Crippen LogP contribution is 2.20. The van der Waals surface area contributed by atoms with Crippen LogP contribution >= 0.6 is 0 Å². The number of rotatable bonds is 4. The first kappa shape index (κ1) is 11.6. The van der Waals surface area contributed by atoms with E-state index in [9.17, 15) is 4.79 Å². The minimum absolute atomic E-state index is 0.0212. The van der Waals surface area contributed by atoms with Gasteiger partial charge < -0.3 is 9.84 Å². The van der Waals surface area contributed by atoms with Gasteiger partial charge in [0.25, 0.3) is 0 Å². The average molecular weight is 208 g/mol. The van der Waals surface area contributed by atoms with Gasteiger partial charge in [0, 0.05) is 0 Å². The van der Waals surface area contributed by atoms with Crippen LogP contribution in [0.15, 0.2) is 18.2 Å². The van der Waals surface area contributed by atoms with Crippen molar-refractivity contribution < 1.29 is 14.6 Å². The highest BCUT2D eigenvalue weighted by atomic mass is 16.5. The third kappa shape index (κ3) is 3.62. The second-order valence-electron chi connectivity index (χ2n) is 3.80. The summed E-state index contributed by atoms with van der Waals surface area (Å²) in [5, 5.41) is 8.61. The molecule has 0 spiro atoms. The van der Waals surface area contributed by atoms with Crippen molar-refractivity contribution in [2.24, 2.45) is 0 Å². The lowest BCUT2D eigenvalue weighted by molar-refractivity contribution is -0.138. The quantitative estimate of drug-likeness (QED) is 0.827. The molecule has 82 valence electrons. The van der Waals surface area contributed by atoms with Gasteiger partial charge >= 0.3 is 5.97 Å². The van der Waals surface area contributed by atoms with Gasteiger partial charge in [-0.15, -0.1) is 0 Å². The molecule has 0 saturated carbocycles. The minimum atomic E-state index is -0.840. The Bertz CT molecular complexity index is 358. The molecule has 0 aliphatic heterocycles. The van der Waals surface area contributed by atoms with Crippen molar-refractivity contribution in [2.45, 2.75) is 33.3 Å². The van der Waals surface area contributed by atoms with Crippen LogP contribution in [-0.4, -0.2) is 17.2 Å². The standard InChI is InChI=1S/C12H16O3/c1-8-4-5-9(2)11(6-8)15-10(3)7-12(13)14/h4-6,10H,7H2,1-3H3,(H,13,14)/t10-/m1/s1. The number of ether oxygens (including phenoxy) is 1. The first-order valence-corrected chi connectivity index (χ1v) is 4.94. The average Bonchev–Trinajstić information content (AvgIpc) is 2.10. The molecule has 0 bridgehead atoms. The summed E-state index contributed by atoms with van der Waals surface area (Å²) in [6, 6.07) is 5.90. The van der Waals surface area contributed by atoms with Crippen LogP contribution in [0.25, 0.3) is 0 Å². The number of benzene rings is 1. The maximum Gasteiger partial charge on any atom is 0.307 e. The molecule has 1 aromatic rings. The molecule has 1 N–H and O–H groups in total. The predicted molar refractivity (Wildman–Crippen MR) is 58.3 cm³/mol. The molecule has 0 unspecified atom stereocenters. The van der Waals surface area contributed by atoms with Crippen molar-refractivity contribution in [3.63, 3.8) is 0 Å². The normalized spacial score (nSPS) is 12.2. The number of hydrogen-bond acceptors (Lipinski definition) is 2. The van der Waals surface area contributed by atoms with Crippen LogP contribution in [0.2, 0.25) is 0 Å². The fraction of sp³-hybridized carbons (Fsp3) is 0.417. The molecule has 3 nitrogen and oxygen atoms in total. The van der Waals surface area contributed by atoms with Gasteiger partial charge in [0.15, 0.2) is 0 Å². The van der Waals surface area contributed by atoms with Gasteiger partial charge in [0.1, 0.15) is 11.9 Å². The lowest BCUT2D eigenvalue weighted by atomic mass is 10.1. The summed E-state index contributed by atoms with van der Waals surface area (Å²) in [6.45, 7) is 5.69. The Balaban J connectivity index is 2.71. The predicted octanol–water partition coefficient (Wildman–Crippen LogP) is 2.55. The van der Waals surface area contributed by atoms with Crippen LogP contribution in [0, 0.1) is 13.8 Å². The van der Waals surface area contributed by atoms with Crippen molar-refractivity contribution in [2.75, 3.05) is 0 Å². The SMILES string of the molecule is Cc1ccc(C)c(O[C@H](C)CC(=O)O)c1. The molecule has 0 saturated heterocycles. The fourth-order valence-corrected chi connectivity index (χ4v) is 1.34. The summed E-state index contributed by atoms with van der Waals surface area (Å²) in [5.74, 6) is -0.0726. The number of hydrogen-bond donors (Lipinski definition) is 1. The Labute approximate surface area is 89.7 Å². The molecule has 1 rings (SSSR count). The third-order valence-electron chi connectivity index (χ3n) is 2.13. The molecular formula is C12H16O3. The monoisotopic (exact) mass is 208 g/mol. The highest BCUT2D eigenvalue weighted by molar-refractivity contribution is 5.67. The van der Waals surface area contributed by atoms with E-state index in [1.54, 1.807) is 6.92 Å². The van der Waals surface area contributed by atoms with Crippen molar-refractivity contribution >= 4 is 5.97 Å². The van der Waals surface area contributed by atoms with Gasteiger partial charge in [-0.05, 0) is 38.0 Å². The fourth-order valence-electron chi connectivity index (χ4n) is 1.34. The van der Waals surface area contributed by atoms with Crippen molar-refractivity contribution in [3.05, 3.63) is 29.3 Å². The van der Waals surface area contributed by atoms with Crippen molar-refractivity contribution in [1.29, 1.82) is 0 Å². The zero-order valence-corrected chi connectivity index (χ0v) is 9.28. The molecule has 0 fully saturated rings. The molecule has 0 aromatic heterocycles. The Morgan fingerprint density at radius 3 is 2.73 bits per heavy atom. The van der Waals surface area contributed by atoms with Gasteiger partial charge in [0.05, 0.1) is 6.42 Å². The number of aliphatic carboxylic acids is 1. The van der Waals surface area contributed by atoms with E-state index in [0.29, 0.717) is 0 Å². The summed E-state index contributed by atoms with van der Waals surface area (Å²) in [4.78, 5) is 10.5. The largest absolute Gasteiger partial charge is 0.490 e. The van der Waals surface area contributed by atoms with Gasteiger partial charge in [-0.25, -0.2) is 0 Å². The van der Waals surface area contributed by atoms with E-state index in [2.05, 4.69) is 0 Å². The summed E-state index contributed by atoms with van der Waals surface area (Å²) >= 11 is 0. The van der Waals surface area contributed by atoms with Crippen LogP contribution in [0.1, 0.15) is 24.5 Å². The molecule has 1 aromatic carbocycles. The van der Waals surface area contributed by atoms with E-state index in [-0.39, 0.29) is 12.5 Å². The number of carboxylic acid groups (broad SMARTS) is 1. The second kappa shape index (κ2) is 4.82. The van der Waals surface area contributed by atoms with Crippen LogP contribution in [0.4, 0.5) is 0 Å². The molecule has 0 heterocycles. The number of carbonyl (C=O) groups is 1. The number of aryl methyl sites for hydroxylation is 2. The molecule has 3 heteroatoms. The van der Waals surface area contributed by atoms with E-state index in [1.165, 1.54) is 0 Å². The first-order valence-electron chi connectivity index (χ1n) is 4.94. The van der Waals surface area contributed by atoms with E-state index < -0.39 is 5.97 Å². The molecule has 0 amide bonds. The molecule has 0 aliphatic rings. The zero-order valence-electron chi connectivity index (χ0n) is 9.28. The maximum absolute atomic E-state index is 10.5. The van der Waals surface area contributed by atoms with E-state index in [1.807, 2.05) is 32.0 Å². The lowest BCUT2D eigenvalue weighted by Gasteiger charge is -2.15. The molecular weight excluding hydrogens is 192 g/mol. The van der Waals surface area contributed by atoms with E-state index >= 15 is 0 Å². The topological polar surface area (TPSA) is 46.5 Å². The first-order chi connectivity index (χ1) is 6.99. The summed E-state index contributed by atoms with van der Waals surface area (Å²) in [6.07, 6.45) is -0.282. The molecule has 1 atom stereocenters. The van der Waals surface area contributed by atoms with Gasteiger partial charge in [-0.3, -0.25) is 4.79 Å². The van der Waals surface area contributed by atoms with Crippen LogP contribution < -0.4 is 4.74 Å². The van der Waals surface area contributed by atoms with Gasteiger partial charge in [-0.1, -0.05) is 12.1 Å². The van der Waals surface area contributed by atoms with E-state index in [0.717, 1.165) is 16.9 Å². The van der Waals surface area contributed by atoms with Gasteiger partial charge in [0.2, 0.25) is 0 Å². The van der Waals surface area contributed by atoms with Crippen LogP contribution in [0.5, 0.6) is 5.75 Å². The summed E-state index contributed by atoms with van der Waals surface area (Å²) in [5.41, 5.74) is 2.14. The Kier molecular flexibility index (Phi) is 3.72. The minimum Gasteiger partial charge on any atom is -0.490 e. The molecule has 15 heavy (non-hydrogen) atoms. The smallest absolute Gasteiger partial charge is 0.307 e. The van der Waals surface area contributed by atoms with Crippen LogP contribution in [0.3, 0.4) is 0 Å². The molecule has 0 aliphatic carbocycles. The lowest BCUT2D eigenvalue weighted by Crippen LogP contribution is -2.17. The highest BCUT2D eigenvalue weighted by Gasteiger charge is 2.10. The second-order valence-corrected chi connectivity index (χ2v) is 3.80. The van der Waals surface area contributed by atoms with Crippen molar-refractivity contribution in [1.82, 2.24) is 0 Å². The van der Waals surface area contributed by atoms with Gasteiger partial charge in [-0.2, -0.15) is 0 Å². The summed E-state index contributed by atoms with van der Waals surface area (Å²) < 4.78 is 5.56. The van der Waals surface area contributed by atoms with Crippen molar-refractivity contribution in [3.8, 4) is 5.75 Å². The summed E-state index contributed by atoms with van der Waals surface area (Å²) in [7, 11) is 0. The number of carboxylic acids is 1. The Hall–Kier alpha value is -1.51.